The lowest BCUT2D eigenvalue weighted by Gasteiger charge is -2.23. The van der Waals surface area contributed by atoms with Crippen LogP contribution in [0.3, 0.4) is 0 Å². The predicted molar refractivity (Wildman–Crippen MR) is 113 cm³/mol. The number of rotatable bonds is 8. The highest BCUT2D eigenvalue weighted by Crippen LogP contribution is 2.25. The van der Waals surface area contributed by atoms with Crippen LogP contribution in [0, 0.1) is 5.92 Å². The Morgan fingerprint density at radius 3 is 2.21 bits per heavy atom. The van der Waals surface area contributed by atoms with Gasteiger partial charge in [0.1, 0.15) is 11.1 Å². The maximum Gasteiger partial charge on any atom is 0.256 e. The summed E-state index contributed by atoms with van der Waals surface area (Å²) >= 11 is 0. The molecule has 3 rings (SSSR count). The zero-order valence-electron chi connectivity index (χ0n) is 17.5. The van der Waals surface area contributed by atoms with Crippen molar-refractivity contribution >= 4 is 11.8 Å². The number of hydrogen-bond donors (Lipinski definition) is 2. The third kappa shape index (κ3) is 5.92. The van der Waals surface area contributed by atoms with Gasteiger partial charge < -0.3 is 20.1 Å². The molecule has 0 aromatic carbocycles. The molecular formula is C22H34N4O3. The maximum atomic E-state index is 12.8. The summed E-state index contributed by atoms with van der Waals surface area (Å²) in [6.07, 6.45) is 11.7. The smallest absolute Gasteiger partial charge is 0.256 e. The number of carbonyl (C=O) groups is 2. The monoisotopic (exact) mass is 402 g/mol. The third-order valence-electron chi connectivity index (χ3n) is 6.01. The second-order valence-corrected chi connectivity index (χ2v) is 8.28. The summed E-state index contributed by atoms with van der Waals surface area (Å²) in [6, 6.07) is 0. The lowest BCUT2D eigenvalue weighted by Crippen LogP contribution is -2.38. The zero-order chi connectivity index (χ0) is 20.6. The van der Waals surface area contributed by atoms with E-state index < -0.39 is 17.2 Å². The van der Waals surface area contributed by atoms with Gasteiger partial charge in [0.15, 0.2) is 0 Å². The fourth-order valence-electron chi connectivity index (χ4n) is 4.41. The molecule has 0 radical (unpaired) electrons. The molecule has 2 N–H and O–H groups in total. The van der Waals surface area contributed by atoms with Crippen molar-refractivity contribution in [2.24, 2.45) is 5.92 Å². The first kappa shape index (κ1) is 21.6. The fourth-order valence-corrected chi connectivity index (χ4v) is 4.41. The summed E-state index contributed by atoms with van der Waals surface area (Å²) in [5, 5.41) is 5.56. The SMILES string of the molecule is CCNC(=O)c1cn(CC2CCCCC2)cc(C(=O)NCCN2CCCC2)c1=O. The minimum absolute atomic E-state index is 0.0508. The fraction of sp³-hybridized carbons (Fsp3) is 0.682. The van der Waals surface area contributed by atoms with Crippen molar-refractivity contribution in [1.29, 1.82) is 0 Å². The van der Waals surface area contributed by atoms with Crippen LogP contribution in [-0.4, -0.2) is 54.0 Å². The van der Waals surface area contributed by atoms with E-state index in [9.17, 15) is 14.4 Å². The molecule has 29 heavy (non-hydrogen) atoms. The maximum absolute atomic E-state index is 12.8. The minimum atomic E-state index is -0.491. The van der Waals surface area contributed by atoms with Crippen molar-refractivity contribution in [3.8, 4) is 0 Å². The minimum Gasteiger partial charge on any atom is -0.352 e. The van der Waals surface area contributed by atoms with Gasteiger partial charge in [-0.3, -0.25) is 14.4 Å². The van der Waals surface area contributed by atoms with Crippen LogP contribution in [0.2, 0.25) is 0 Å². The first-order valence-corrected chi connectivity index (χ1v) is 11.1. The van der Waals surface area contributed by atoms with E-state index in [2.05, 4.69) is 15.5 Å². The number of aromatic nitrogens is 1. The number of carbonyl (C=O) groups excluding carboxylic acids is 2. The Balaban J connectivity index is 1.76. The van der Waals surface area contributed by atoms with E-state index in [0.29, 0.717) is 19.0 Å². The van der Waals surface area contributed by atoms with E-state index >= 15 is 0 Å². The first-order valence-electron chi connectivity index (χ1n) is 11.1. The van der Waals surface area contributed by atoms with E-state index in [0.717, 1.165) is 39.0 Å². The third-order valence-corrected chi connectivity index (χ3v) is 6.01. The number of pyridine rings is 1. The topological polar surface area (TPSA) is 83.4 Å². The van der Waals surface area contributed by atoms with Crippen molar-refractivity contribution in [1.82, 2.24) is 20.1 Å². The summed E-state index contributed by atoms with van der Waals surface area (Å²) in [6.45, 7) is 6.42. The molecule has 1 aliphatic heterocycles. The highest BCUT2D eigenvalue weighted by Gasteiger charge is 2.21. The average molecular weight is 403 g/mol. The van der Waals surface area contributed by atoms with E-state index in [1.807, 2.05) is 11.5 Å². The van der Waals surface area contributed by atoms with Crippen molar-refractivity contribution in [3.63, 3.8) is 0 Å². The molecule has 1 saturated carbocycles. The molecule has 0 atom stereocenters. The molecule has 7 heteroatoms. The molecule has 2 heterocycles. The van der Waals surface area contributed by atoms with Crippen molar-refractivity contribution < 1.29 is 9.59 Å². The molecule has 2 fully saturated rings. The molecular weight excluding hydrogens is 368 g/mol. The molecule has 1 aromatic rings. The molecule has 0 unspecified atom stereocenters. The van der Waals surface area contributed by atoms with Crippen molar-refractivity contribution in [2.45, 2.75) is 58.4 Å². The lowest BCUT2D eigenvalue weighted by molar-refractivity contribution is 0.0947. The van der Waals surface area contributed by atoms with Crippen LogP contribution in [0.15, 0.2) is 17.2 Å². The summed E-state index contributed by atoms with van der Waals surface area (Å²) in [5.74, 6) is -0.279. The highest BCUT2D eigenvalue weighted by molar-refractivity contribution is 5.99. The predicted octanol–water partition coefficient (Wildman–Crippen LogP) is 2.00. The molecule has 7 nitrogen and oxygen atoms in total. The Bertz CT molecular complexity index is 762. The normalized spacial score (nSPS) is 18.0. The van der Waals surface area contributed by atoms with Gasteiger partial charge in [0.2, 0.25) is 5.43 Å². The number of nitrogens with zero attached hydrogens (tertiary/aromatic N) is 2. The average Bonchev–Trinajstić information content (AvgIpc) is 3.23. The van der Waals surface area contributed by atoms with Crippen LogP contribution in [0.1, 0.15) is 72.6 Å². The van der Waals surface area contributed by atoms with Crippen molar-refractivity contribution in [3.05, 3.63) is 33.7 Å². The van der Waals surface area contributed by atoms with Gasteiger partial charge in [-0.1, -0.05) is 19.3 Å². The van der Waals surface area contributed by atoms with Gasteiger partial charge >= 0.3 is 0 Å². The summed E-state index contributed by atoms with van der Waals surface area (Å²) < 4.78 is 1.87. The van der Waals surface area contributed by atoms with E-state index in [4.69, 9.17) is 0 Å². The Labute approximate surface area is 172 Å². The molecule has 2 amide bonds. The Morgan fingerprint density at radius 2 is 1.59 bits per heavy atom. The standard InChI is InChI=1S/C22H34N4O3/c1-2-23-21(28)18-15-26(14-17-8-4-3-5-9-17)16-19(20(18)27)22(29)24-10-13-25-11-6-7-12-25/h15-17H,2-14H2,1H3,(H,23,28)(H,24,29). The molecule has 1 aliphatic carbocycles. The highest BCUT2D eigenvalue weighted by atomic mass is 16.2. The van der Waals surface area contributed by atoms with Crippen LogP contribution in [0.5, 0.6) is 0 Å². The lowest BCUT2D eigenvalue weighted by atomic mass is 9.89. The first-order chi connectivity index (χ1) is 14.1. The van der Waals surface area contributed by atoms with E-state index in [1.165, 1.54) is 32.1 Å². The zero-order valence-corrected chi connectivity index (χ0v) is 17.5. The van der Waals surface area contributed by atoms with E-state index in [-0.39, 0.29) is 11.1 Å². The summed E-state index contributed by atoms with van der Waals surface area (Å²) in [7, 11) is 0. The van der Waals surface area contributed by atoms with Crippen LogP contribution < -0.4 is 16.1 Å². The van der Waals surface area contributed by atoms with Crippen LogP contribution >= 0.6 is 0 Å². The van der Waals surface area contributed by atoms with Crippen LogP contribution in [0.4, 0.5) is 0 Å². The van der Waals surface area contributed by atoms with Gasteiger partial charge in [-0.2, -0.15) is 0 Å². The second-order valence-electron chi connectivity index (χ2n) is 8.28. The molecule has 2 aliphatic rings. The molecule has 0 bridgehead atoms. The molecule has 0 spiro atoms. The molecule has 1 saturated heterocycles. The quantitative estimate of drug-likeness (QED) is 0.697. The van der Waals surface area contributed by atoms with E-state index in [1.54, 1.807) is 12.4 Å². The van der Waals surface area contributed by atoms with Crippen molar-refractivity contribution in [2.75, 3.05) is 32.7 Å². The number of hydrogen-bond acceptors (Lipinski definition) is 4. The van der Waals surface area contributed by atoms with Crippen LogP contribution in [-0.2, 0) is 6.54 Å². The van der Waals surface area contributed by atoms with Gasteiger partial charge in [0.25, 0.3) is 11.8 Å². The van der Waals surface area contributed by atoms with Gasteiger partial charge in [-0.05, 0) is 51.6 Å². The number of likely N-dealkylation sites (tertiary alicyclic amines) is 1. The van der Waals surface area contributed by atoms with Crippen LogP contribution in [0.25, 0.3) is 0 Å². The molecule has 160 valence electrons. The van der Waals surface area contributed by atoms with Gasteiger partial charge in [0.05, 0.1) is 0 Å². The summed E-state index contributed by atoms with van der Waals surface area (Å²) in [4.78, 5) is 40.3. The Hall–Kier alpha value is -2.15. The Kier molecular flexibility index (Phi) is 7.86. The largest absolute Gasteiger partial charge is 0.352 e. The second kappa shape index (κ2) is 10.6. The number of amides is 2. The van der Waals surface area contributed by atoms with Gasteiger partial charge in [-0.25, -0.2) is 0 Å². The summed E-state index contributed by atoms with van der Waals surface area (Å²) in [5.41, 5.74) is -0.379. The Morgan fingerprint density at radius 1 is 0.966 bits per heavy atom. The number of nitrogens with one attached hydrogen (secondary N) is 2. The van der Waals surface area contributed by atoms with Gasteiger partial charge in [-0.15, -0.1) is 0 Å². The van der Waals surface area contributed by atoms with Gasteiger partial charge in [0, 0.05) is 38.6 Å². The molecule has 1 aromatic heterocycles.